The van der Waals surface area contributed by atoms with Gasteiger partial charge in [-0.3, -0.25) is 4.99 Å². The molecule has 0 saturated heterocycles. The van der Waals surface area contributed by atoms with Crippen molar-refractivity contribution >= 4 is 6.21 Å². The van der Waals surface area contributed by atoms with Crippen molar-refractivity contribution in [3.63, 3.8) is 0 Å². The second kappa shape index (κ2) is 12.4. The van der Waals surface area contributed by atoms with Gasteiger partial charge in [-0.05, 0) is 39.5 Å². The van der Waals surface area contributed by atoms with Gasteiger partial charge in [0.15, 0.2) is 0 Å². The summed E-state index contributed by atoms with van der Waals surface area (Å²) in [4.78, 5) is 4.32. The highest BCUT2D eigenvalue weighted by molar-refractivity contribution is 5.55. The Hall–Kier alpha value is -0.590. The molecule has 0 aliphatic heterocycles. The number of hydrogen-bond donors (Lipinski definition) is 0. The lowest BCUT2D eigenvalue weighted by Crippen LogP contribution is -1.94. The van der Waals surface area contributed by atoms with Crippen molar-refractivity contribution in [3.8, 4) is 0 Å². The molecule has 1 nitrogen and oxygen atoms in total. The van der Waals surface area contributed by atoms with E-state index >= 15 is 0 Å². The van der Waals surface area contributed by atoms with Gasteiger partial charge in [0.1, 0.15) is 0 Å². The molecule has 14 heavy (non-hydrogen) atoms. The summed E-state index contributed by atoms with van der Waals surface area (Å²) in [6.07, 6.45) is 7.02. The average Bonchev–Trinajstić information content (AvgIpc) is 2.28. The minimum absolute atomic E-state index is 1.19. The van der Waals surface area contributed by atoms with Crippen LogP contribution in [-0.4, -0.2) is 6.21 Å². The predicted molar refractivity (Wildman–Crippen MR) is 68.0 cm³/mol. The van der Waals surface area contributed by atoms with Crippen LogP contribution in [0.3, 0.4) is 0 Å². The van der Waals surface area contributed by atoms with Crippen LogP contribution >= 0.6 is 0 Å². The lowest BCUT2D eigenvalue weighted by Gasteiger charge is -2.12. The normalized spacial score (nSPS) is 15.6. The zero-order chi connectivity index (χ0) is 11.4. The zero-order valence-electron chi connectivity index (χ0n) is 10.9. The molecule has 84 valence electrons. The van der Waals surface area contributed by atoms with Gasteiger partial charge in [-0.2, -0.15) is 0 Å². The molecule has 1 rings (SSSR count). The van der Waals surface area contributed by atoms with E-state index in [2.05, 4.69) is 11.9 Å². The van der Waals surface area contributed by atoms with E-state index in [9.17, 15) is 0 Å². The Morgan fingerprint density at radius 1 is 1.00 bits per heavy atom. The van der Waals surface area contributed by atoms with E-state index in [4.69, 9.17) is 0 Å². The van der Waals surface area contributed by atoms with E-state index in [-0.39, 0.29) is 0 Å². The zero-order valence-corrected chi connectivity index (χ0v) is 10.9. The van der Waals surface area contributed by atoms with Crippen molar-refractivity contribution in [2.24, 2.45) is 4.99 Å². The maximum atomic E-state index is 4.32. The summed E-state index contributed by atoms with van der Waals surface area (Å²) in [7, 11) is 0. The quantitative estimate of drug-likeness (QED) is 0.526. The van der Waals surface area contributed by atoms with Crippen molar-refractivity contribution in [1.82, 2.24) is 0 Å². The third kappa shape index (κ3) is 6.88. The van der Waals surface area contributed by atoms with Crippen LogP contribution in [0, 0.1) is 0 Å². The van der Waals surface area contributed by atoms with Crippen molar-refractivity contribution in [3.05, 3.63) is 11.3 Å². The molecular weight excluding hydrogens is 170 g/mol. The minimum Gasteiger partial charge on any atom is -0.266 e. The minimum atomic E-state index is 1.19. The van der Waals surface area contributed by atoms with Crippen molar-refractivity contribution in [2.75, 3.05) is 0 Å². The third-order valence-electron chi connectivity index (χ3n) is 1.99. The monoisotopic (exact) mass is 197 g/mol. The number of allylic oxidation sites excluding steroid dienone is 2. The first-order valence-corrected chi connectivity index (χ1v) is 6.02. The largest absolute Gasteiger partial charge is 0.266 e. The number of nitrogens with zero attached hydrogens (tertiary/aromatic N) is 1. The lowest BCUT2D eigenvalue weighted by molar-refractivity contribution is 0.668. The number of hydrogen-bond acceptors (Lipinski definition) is 1. The molecule has 0 unspecified atom stereocenters. The molecule has 0 heterocycles. The van der Waals surface area contributed by atoms with Gasteiger partial charge in [0, 0.05) is 11.9 Å². The summed E-state index contributed by atoms with van der Waals surface area (Å²) in [6, 6.07) is 0. The Kier molecular flexibility index (Phi) is 14.1. The average molecular weight is 197 g/mol. The van der Waals surface area contributed by atoms with Crippen molar-refractivity contribution < 1.29 is 0 Å². The van der Waals surface area contributed by atoms with E-state index in [1.54, 1.807) is 0 Å². The third-order valence-corrected chi connectivity index (χ3v) is 1.99. The van der Waals surface area contributed by atoms with Crippen molar-refractivity contribution in [2.45, 2.75) is 67.2 Å². The molecule has 0 spiro atoms. The SMILES string of the molecule is CC.CC.CC=NC1=C(C)CCCC1. The maximum Gasteiger partial charge on any atom is 0.0388 e. The first-order chi connectivity index (χ1) is 6.84. The fraction of sp³-hybridized carbons (Fsp3) is 0.769. The molecule has 0 saturated carbocycles. The molecule has 1 aliphatic rings. The van der Waals surface area contributed by atoms with Crippen LogP contribution in [0.4, 0.5) is 0 Å². The molecule has 0 radical (unpaired) electrons. The molecule has 0 aromatic heterocycles. The van der Waals surface area contributed by atoms with Gasteiger partial charge in [0.05, 0.1) is 0 Å². The lowest BCUT2D eigenvalue weighted by atomic mass is 9.98. The fourth-order valence-corrected chi connectivity index (χ4v) is 1.37. The van der Waals surface area contributed by atoms with Gasteiger partial charge in [-0.25, -0.2) is 0 Å². The second-order valence-corrected chi connectivity index (χ2v) is 2.82. The maximum absolute atomic E-state index is 4.32. The number of rotatable bonds is 1. The van der Waals surface area contributed by atoms with Gasteiger partial charge < -0.3 is 0 Å². The molecule has 0 fully saturated rings. The standard InChI is InChI=1S/C9H15N.2C2H6/c1-3-10-9-7-5-4-6-8(9)2;2*1-2/h3H,4-7H2,1-2H3;2*1-2H3. The Labute approximate surface area is 90.3 Å². The fourth-order valence-electron chi connectivity index (χ4n) is 1.37. The summed E-state index contributed by atoms with van der Waals surface area (Å²) >= 11 is 0. The molecular formula is C13H27N. The van der Waals surface area contributed by atoms with Crippen LogP contribution in [0.2, 0.25) is 0 Å². The summed E-state index contributed by atoms with van der Waals surface area (Å²) in [5.74, 6) is 0. The summed E-state index contributed by atoms with van der Waals surface area (Å²) in [5, 5.41) is 0. The van der Waals surface area contributed by atoms with Crippen LogP contribution in [0.25, 0.3) is 0 Å². The number of aliphatic imine (C=N–C) groups is 1. The van der Waals surface area contributed by atoms with Crippen LogP contribution < -0.4 is 0 Å². The van der Waals surface area contributed by atoms with E-state index in [0.29, 0.717) is 0 Å². The van der Waals surface area contributed by atoms with Crippen LogP contribution in [0.1, 0.15) is 67.2 Å². The first kappa shape index (κ1) is 15.9. The van der Waals surface area contributed by atoms with E-state index in [0.717, 1.165) is 0 Å². The highest BCUT2D eigenvalue weighted by atomic mass is 14.7. The molecule has 0 bridgehead atoms. The highest BCUT2D eigenvalue weighted by Gasteiger charge is 2.06. The Bertz CT molecular complexity index is 166. The Morgan fingerprint density at radius 2 is 1.50 bits per heavy atom. The smallest absolute Gasteiger partial charge is 0.0388 e. The van der Waals surface area contributed by atoms with E-state index < -0.39 is 0 Å². The van der Waals surface area contributed by atoms with Crippen LogP contribution in [-0.2, 0) is 0 Å². The van der Waals surface area contributed by atoms with Crippen molar-refractivity contribution in [1.29, 1.82) is 0 Å². The summed E-state index contributed by atoms with van der Waals surface area (Å²) < 4.78 is 0. The molecule has 1 aliphatic carbocycles. The molecule has 0 aromatic carbocycles. The van der Waals surface area contributed by atoms with Gasteiger partial charge in [0.25, 0.3) is 0 Å². The summed E-state index contributed by atoms with van der Waals surface area (Å²) in [5.41, 5.74) is 2.82. The molecule has 1 heteroatoms. The van der Waals surface area contributed by atoms with E-state index in [1.807, 2.05) is 40.8 Å². The van der Waals surface area contributed by atoms with Gasteiger partial charge in [-0.1, -0.05) is 33.3 Å². The van der Waals surface area contributed by atoms with Gasteiger partial charge in [0.2, 0.25) is 0 Å². The highest BCUT2D eigenvalue weighted by Crippen LogP contribution is 2.24. The van der Waals surface area contributed by atoms with Gasteiger partial charge >= 0.3 is 0 Å². The van der Waals surface area contributed by atoms with Crippen LogP contribution in [0.5, 0.6) is 0 Å². The van der Waals surface area contributed by atoms with E-state index in [1.165, 1.54) is 37.0 Å². The molecule has 0 N–H and O–H groups in total. The first-order valence-electron chi connectivity index (χ1n) is 6.02. The Morgan fingerprint density at radius 3 is 1.93 bits per heavy atom. The molecule has 0 aromatic rings. The second-order valence-electron chi connectivity index (χ2n) is 2.82. The van der Waals surface area contributed by atoms with Gasteiger partial charge in [-0.15, -0.1) is 0 Å². The topological polar surface area (TPSA) is 12.4 Å². The predicted octanol–water partition coefficient (Wildman–Crippen LogP) is 4.98. The Balaban J connectivity index is 0. The molecule has 0 atom stereocenters. The summed E-state index contributed by atoms with van der Waals surface area (Å²) in [6.45, 7) is 12.2. The van der Waals surface area contributed by atoms with Crippen LogP contribution in [0.15, 0.2) is 16.3 Å². The molecule has 0 amide bonds.